The highest BCUT2D eigenvalue weighted by Gasteiger charge is 2.21. The fourth-order valence-electron chi connectivity index (χ4n) is 9.07. The van der Waals surface area contributed by atoms with Gasteiger partial charge < -0.3 is 9.13 Å². The predicted molar refractivity (Wildman–Crippen MR) is 256 cm³/mol. The summed E-state index contributed by atoms with van der Waals surface area (Å²) in [5.74, 6) is 1.87. The third-order valence-corrected chi connectivity index (χ3v) is 12.0. The van der Waals surface area contributed by atoms with Crippen molar-refractivity contribution < 1.29 is 0 Å². The van der Waals surface area contributed by atoms with Crippen LogP contribution < -0.4 is 0 Å². The molecule has 0 aliphatic heterocycles. The molecule has 3 aromatic heterocycles. The molecule has 0 radical (unpaired) electrons. The molecule has 0 N–H and O–H groups in total. The molecule has 12 aromatic rings. The van der Waals surface area contributed by atoms with E-state index in [9.17, 15) is 0 Å². The number of fused-ring (bicyclic) bond motifs is 7. The zero-order chi connectivity index (χ0) is 41.0. The van der Waals surface area contributed by atoms with Gasteiger partial charge in [0, 0.05) is 49.6 Å². The largest absolute Gasteiger partial charge is 0.309 e. The van der Waals surface area contributed by atoms with Gasteiger partial charge in [0.05, 0.1) is 22.1 Å². The van der Waals surface area contributed by atoms with Gasteiger partial charge in [-0.2, -0.15) is 0 Å². The standard InChI is InChI=1S/C57H37N5/c1-4-15-38(16-5-1)40-27-29-43(30-28-40)56-58-55(42-19-8-3-9-20-42)59-57(60-56)44-21-14-22-46(37-44)61-51-26-13-11-24-49(51)53-52(61)36-35-48-47-23-10-12-25-50(47)62(54(48)53)45-33-31-41(32-34-45)39-17-6-2-7-18-39/h1-37H. The molecule has 3 heterocycles. The Labute approximate surface area is 358 Å². The molecule has 0 aliphatic carbocycles. The fraction of sp³-hybridized carbons (Fsp3) is 0. The molecule has 5 nitrogen and oxygen atoms in total. The fourth-order valence-corrected chi connectivity index (χ4v) is 9.07. The highest BCUT2D eigenvalue weighted by molar-refractivity contribution is 6.26. The van der Waals surface area contributed by atoms with Crippen LogP contribution in [0.2, 0.25) is 0 Å². The van der Waals surface area contributed by atoms with Crippen LogP contribution >= 0.6 is 0 Å². The van der Waals surface area contributed by atoms with Crippen molar-refractivity contribution in [2.24, 2.45) is 0 Å². The van der Waals surface area contributed by atoms with E-state index in [0.29, 0.717) is 17.5 Å². The van der Waals surface area contributed by atoms with E-state index >= 15 is 0 Å². The molecule has 0 saturated carbocycles. The predicted octanol–water partition coefficient (Wildman–Crippen LogP) is 14.4. The average Bonchev–Trinajstić information content (AvgIpc) is 3.88. The van der Waals surface area contributed by atoms with E-state index < -0.39 is 0 Å². The maximum atomic E-state index is 5.15. The molecule has 0 unspecified atom stereocenters. The minimum Gasteiger partial charge on any atom is -0.309 e. The molecule has 0 saturated heterocycles. The molecule has 5 heteroatoms. The second-order valence-electron chi connectivity index (χ2n) is 15.6. The molecule has 0 aliphatic rings. The summed E-state index contributed by atoms with van der Waals surface area (Å²) < 4.78 is 4.83. The number of para-hydroxylation sites is 2. The van der Waals surface area contributed by atoms with Gasteiger partial charge in [-0.05, 0) is 64.7 Å². The molecular formula is C57H37N5. The first kappa shape index (κ1) is 35.5. The average molecular weight is 792 g/mol. The highest BCUT2D eigenvalue weighted by atomic mass is 15.0. The van der Waals surface area contributed by atoms with Crippen LogP contribution in [0.4, 0.5) is 0 Å². The first-order valence-corrected chi connectivity index (χ1v) is 20.9. The Hall–Kier alpha value is -8.41. The number of hydrogen-bond acceptors (Lipinski definition) is 3. The summed E-state index contributed by atoms with van der Waals surface area (Å²) in [6.45, 7) is 0. The first-order valence-electron chi connectivity index (χ1n) is 20.9. The summed E-state index contributed by atoms with van der Waals surface area (Å²) in [6, 6.07) is 79.2. The minimum absolute atomic E-state index is 0.616. The molecule has 290 valence electrons. The van der Waals surface area contributed by atoms with Gasteiger partial charge in [0.15, 0.2) is 17.5 Å². The highest BCUT2D eigenvalue weighted by Crippen LogP contribution is 2.42. The molecule has 0 spiro atoms. The van der Waals surface area contributed by atoms with Crippen LogP contribution in [0.5, 0.6) is 0 Å². The van der Waals surface area contributed by atoms with Crippen LogP contribution in [-0.4, -0.2) is 24.1 Å². The lowest BCUT2D eigenvalue weighted by atomic mass is 10.0. The van der Waals surface area contributed by atoms with E-state index in [2.05, 4.69) is 197 Å². The summed E-state index contributed by atoms with van der Waals surface area (Å²) in [5, 5.41) is 4.85. The van der Waals surface area contributed by atoms with Gasteiger partial charge in [-0.3, -0.25) is 0 Å². The van der Waals surface area contributed by atoms with Crippen molar-refractivity contribution >= 4 is 43.6 Å². The SMILES string of the molecule is c1ccc(-c2ccc(-c3nc(-c4ccccc4)nc(-c4cccc(-n5c6ccccc6c6c5ccc5c7ccccc7n(-c7ccc(-c8ccccc8)cc7)c56)c4)n3)cc2)cc1. The Kier molecular flexibility index (Phi) is 8.42. The van der Waals surface area contributed by atoms with Crippen molar-refractivity contribution in [1.82, 2.24) is 24.1 Å². The molecule has 62 heavy (non-hydrogen) atoms. The zero-order valence-corrected chi connectivity index (χ0v) is 33.6. The number of aromatic nitrogens is 5. The van der Waals surface area contributed by atoms with Crippen molar-refractivity contribution in [3.8, 4) is 67.8 Å². The van der Waals surface area contributed by atoms with Gasteiger partial charge in [-0.1, -0.05) is 182 Å². The Morgan fingerprint density at radius 1 is 0.258 bits per heavy atom. The van der Waals surface area contributed by atoms with Crippen LogP contribution in [0.3, 0.4) is 0 Å². The van der Waals surface area contributed by atoms with E-state index in [1.807, 2.05) is 36.4 Å². The van der Waals surface area contributed by atoms with Gasteiger partial charge in [0.1, 0.15) is 0 Å². The molecular weight excluding hydrogens is 755 g/mol. The van der Waals surface area contributed by atoms with Crippen LogP contribution in [0.1, 0.15) is 0 Å². The van der Waals surface area contributed by atoms with Crippen molar-refractivity contribution in [2.45, 2.75) is 0 Å². The lowest BCUT2D eigenvalue weighted by molar-refractivity contribution is 1.07. The first-order chi connectivity index (χ1) is 30.7. The summed E-state index contributed by atoms with van der Waals surface area (Å²) in [6.07, 6.45) is 0. The van der Waals surface area contributed by atoms with Crippen LogP contribution in [-0.2, 0) is 0 Å². The zero-order valence-electron chi connectivity index (χ0n) is 33.6. The topological polar surface area (TPSA) is 48.5 Å². The molecule has 9 aromatic carbocycles. The Balaban J connectivity index is 1.03. The van der Waals surface area contributed by atoms with Gasteiger partial charge in [-0.15, -0.1) is 0 Å². The lowest BCUT2D eigenvalue weighted by Crippen LogP contribution is -2.01. The quantitative estimate of drug-likeness (QED) is 0.162. The monoisotopic (exact) mass is 791 g/mol. The summed E-state index contributed by atoms with van der Waals surface area (Å²) in [5.41, 5.74) is 14.2. The number of rotatable bonds is 7. The van der Waals surface area contributed by atoms with Gasteiger partial charge in [0.2, 0.25) is 0 Å². The van der Waals surface area contributed by atoms with Crippen LogP contribution in [0.25, 0.3) is 111 Å². The van der Waals surface area contributed by atoms with E-state index in [-0.39, 0.29) is 0 Å². The van der Waals surface area contributed by atoms with Crippen molar-refractivity contribution in [2.75, 3.05) is 0 Å². The Morgan fingerprint density at radius 3 is 1.34 bits per heavy atom. The van der Waals surface area contributed by atoms with Crippen molar-refractivity contribution in [1.29, 1.82) is 0 Å². The van der Waals surface area contributed by atoms with Crippen LogP contribution in [0.15, 0.2) is 224 Å². The normalized spacial score (nSPS) is 11.5. The second kappa shape index (κ2) is 14.7. The van der Waals surface area contributed by atoms with E-state index in [4.69, 9.17) is 15.0 Å². The molecule has 12 rings (SSSR count). The Bertz CT molecular complexity index is 3590. The number of nitrogens with zero attached hydrogens (tertiary/aromatic N) is 5. The molecule has 0 bridgehead atoms. The van der Waals surface area contributed by atoms with E-state index in [1.54, 1.807) is 0 Å². The molecule has 0 amide bonds. The lowest BCUT2D eigenvalue weighted by Gasteiger charge is -2.12. The number of benzene rings is 9. The second-order valence-corrected chi connectivity index (χ2v) is 15.6. The van der Waals surface area contributed by atoms with Gasteiger partial charge >= 0.3 is 0 Å². The van der Waals surface area contributed by atoms with Gasteiger partial charge in [0.25, 0.3) is 0 Å². The van der Waals surface area contributed by atoms with E-state index in [0.717, 1.165) is 44.7 Å². The van der Waals surface area contributed by atoms with Crippen molar-refractivity contribution in [3.05, 3.63) is 224 Å². The maximum Gasteiger partial charge on any atom is 0.164 e. The number of hydrogen-bond donors (Lipinski definition) is 0. The molecule has 0 atom stereocenters. The summed E-state index contributed by atoms with van der Waals surface area (Å²) in [4.78, 5) is 15.3. The third-order valence-electron chi connectivity index (χ3n) is 12.0. The minimum atomic E-state index is 0.616. The van der Waals surface area contributed by atoms with Gasteiger partial charge in [-0.25, -0.2) is 15.0 Å². The Morgan fingerprint density at radius 2 is 0.710 bits per heavy atom. The van der Waals surface area contributed by atoms with Crippen LogP contribution in [0, 0.1) is 0 Å². The smallest absolute Gasteiger partial charge is 0.164 e. The van der Waals surface area contributed by atoms with Crippen molar-refractivity contribution in [3.63, 3.8) is 0 Å². The summed E-state index contributed by atoms with van der Waals surface area (Å²) in [7, 11) is 0. The molecule has 0 fully saturated rings. The summed E-state index contributed by atoms with van der Waals surface area (Å²) >= 11 is 0. The maximum absolute atomic E-state index is 5.15. The van der Waals surface area contributed by atoms with E-state index in [1.165, 1.54) is 49.3 Å². The third kappa shape index (κ3) is 5.98.